The fourth-order valence-electron chi connectivity index (χ4n) is 7.38. The van der Waals surface area contributed by atoms with Gasteiger partial charge in [0, 0.05) is 35.4 Å². The van der Waals surface area contributed by atoms with Crippen molar-refractivity contribution in [1.82, 2.24) is 25.2 Å². The number of ether oxygens (including phenoxy) is 4. The number of hydrogen-bond donors (Lipinski definition) is 3. The first kappa shape index (κ1) is 47.1. The number of methoxy groups -OCH3 is 1. The Morgan fingerprint density at radius 3 is 2.17 bits per heavy atom. The first-order chi connectivity index (χ1) is 29.8. The lowest BCUT2D eigenvalue weighted by molar-refractivity contribution is -0.274. The smallest absolute Gasteiger partial charge is 0.497 e. The standard InChI is InChI=1S/C45H50F3N5O10S/c1-9-27-24-44(27,40(56)52-64(58,59)31-18-15-28(16-19-31)62-45(46,47)48)51-38(54)35-22-30(25-53(35)39(55)37(42(2,3)4)50-41(57)63-43(5,6)7)61-36-23-33(26-13-11-10-12-14-26)49-34-21-29(60-8)17-20-32(34)36/h9-21,23,27,30,35,37H,1,22,24-25H2,2-8H3,(H,50,57)(H,51,54)(H,52,56)/t27-,30-,35+,37-,44-/m1/s1. The molecular formula is C45H50F3N5O10S. The first-order valence-electron chi connectivity index (χ1n) is 20.2. The fourth-order valence-corrected chi connectivity index (χ4v) is 8.42. The molecule has 1 aromatic heterocycles. The maximum atomic E-state index is 14.8. The molecule has 5 atom stereocenters. The number of pyridine rings is 1. The third-order valence-corrected chi connectivity index (χ3v) is 12.0. The molecule has 4 aromatic rings. The molecule has 1 saturated heterocycles. The predicted molar refractivity (Wildman–Crippen MR) is 229 cm³/mol. The number of alkyl halides is 3. The molecule has 3 aromatic carbocycles. The van der Waals surface area contributed by atoms with Gasteiger partial charge in [0.1, 0.15) is 46.6 Å². The molecule has 2 aliphatic rings. The molecule has 1 aliphatic heterocycles. The van der Waals surface area contributed by atoms with Gasteiger partial charge in [-0.15, -0.1) is 19.8 Å². The van der Waals surface area contributed by atoms with Crippen LogP contribution in [0.3, 0.4) is 0 Å². The van der Waals surface area contributed by atoms with E-state index in [0.29, 0.717) is 28.1 Å². The van der Waals surface area contributed by atoms with Gasteiger partial charge in [-0.3, -0.25) is 14.4 Å². The molecule has 0 radical (unpaired) electrons. The predicted octanol–water partition coefficient (Wildman–Crippen LogP) is 6.66. The van der Waals surface area contributed by atoms with Crippen LogP contribution in [0.15, 0.2) is 96.4 Å². The molecule has 6 rings (SSSR count). The molecule has 1 saturated carbocycles. The van der Waals surface area contributed by atoms with Gasteiger partial charge in [-0.2, -0.15) is 0 Å². The second-order valence-corrected chi connectivity index (χ2v) is 19.3. The van der Waals surface area contributed by atoms with E-state index in [-0.39, 0.29) is 19.4 Å². The van der Waals surface area contributed by atoms with Crippen molar-refractivity contribution in [1.29, 1.82) is 0 Å². The number of benzene rings is 3. The molecule has 0 spiro atoms. The summed E-state index contributed by atoms with van der Waals surface area (Å²) in [5.41, 5.74) is -1.76. The Morgan fingerprint density at radius 2 is 1.59 bits per heavy atom. The highest BCUT2D eigenvalue weighted by Gasteiger charge is 2.61. The van der Waals surface area contributed by atoms with Crippen molar-refractivity contribution in [3.63, 3.8) is 0 Å². The van der Waals surface area contributed by atoms with Gasteiger partial charge in [-0.25, -0.2) is 22.9 Å². The van der Waals surface area contributed by atoms with Crippen LogP contribution in [0, 0.1) is 11.3 Å². The van der Waals surface area contributed by atoms with Gasteiger partial charge >= 0.3 is 12.5 Å². The lowest BCUT2D eigenvalue weighted by atomic mass is 9.85. The number of rotatable bonds is 13. The number of nitrogens with zero attached hydrogens (tertiary/aromatic N) is 2. The van der Waals surface area contributed by atoms with Crippen molar-refractivity contribution >= 4 is 44.7 Å². The van der Waals surface area contributed by atoms with Gasteiger partial charge in [-0.05, 0) is 69.0 Å². The summed E-state index contributed by atoms with van der Waals surface area (Å²) in [5, 5.41) is 5.97. The number of carbonyl (C=O) groups is 4. The Labute approximate surface area is 368 Å². The molecule has 342 valence electrons. The van der Waals surface area contributed by atoms with E-state index in [1.807, 2.05) is 35.1 Å². The number of hydrogen-bond acceptors (Lipinski definition) is 11. The maximum Gasteiger partial charge on any atom is 0.573 e. The van der Waals surface area contributed by atoms with Crippen molar-refractivity contribution in [3.05, 3.63) is 91.5 Å². The van der Waals surface area contributed by atoms with Crippen LogP contribution >= 0.6 is 0 Å². The van der Waals surface area contributed by atoms with E-state index in [2.05, 4.69) is 21.9 Å². The number of amides is 4. The maximum absolute atomic E-state index is 14.8. The zero-order valence-electron chi connectivity index (χ0n) is 36.2. The van der Waals surface area contributed by atoms with Gasteiger partial charge in [0.25, 0.3) is 15.9 Å². The molecule has 2 heterocycles. The summed E-state index contributed by atoms with van der Waals surface area (Å²) < 4.78 is 88.2. The number of alkyl carbamates (subject to hydrolysis) is 1. The minimum atomic E-state index is -5.02. The van der Waals surface area contributed by atoms with Crippen molar-refractivity contribution in [2.75, 3.05) is 13.7 Å². The van der Waals surface area contributed by atoms with Crippen molar-refractivity contribution < 1.29 is 59.7 Å². The van der Waals surface area contributed by atoms with E-state index < -0.39 is 91.5 Å². The Morgan fingerprint density at radius 1 is 0.938 bits per heavy atom. The van der Waals surface area contributed by atoms with E-state index in [1.54, 1.807) is 65.8 Å². The van der Waals surface area contributed by atoms with Crippen molar-refractivity contribution in [2.45, 2.75) is 95.0 Å². The van der Waals surface area contributed by atoms with E-state index in [0.717, 1.165) is 29.8 Å². The van der Waals surface area contributed by atoms with Crippen LogP contribution in [-0.4, -0.2) is 91.5 Å². The average Bonchev–Trinajstić information content (AvgIpc) is 3.76. The summed E-state index contributed by atoms with van der Waals surface area (Å²) in [4.78, 5) is 61.9. The Kier molecular flexibility index (Phi) is 13.0. The first-order valence-corrected chi connectivity index (χ1v) is 21.7. The van der Waals surface area contributed by atoms with Crippen LogP contribution < -0.4 is 29.6 Å². The summed E-state index contributed by atoms with van der Waals surface area (Å²) >= 11 is 0. The van der Waals surface area contributed by atoms with Crippen LogP contribution in [0.5, 0.6) is 17.2 Å². The topological polar surface area (TPSA) is 192 Å². The monoisotopic (exact) mass is 909 g/mol. The number of carbonyl (C=O) groups excluding carboxylic acids is 4. The normalized spacial score (nSPS) is 20.4. The molecule has 64 heavy (non-hydrogen) atoms. The summed E-state index contributed by atoms with van der Waals surface area (Å²) in [6.07, 6.45) is -5.54. The number of nitrogens with one attached hydrogen (secondary N) is 3. The zero-order chi connectivity index (χ0) is 47.0. The summed E-state index contributed by atoms with van der Waals surface area (Å²) in [7, 11) is -3.16. The number of likely N-dealkylation sites (tertiary alicyclic amines) is 1. The van der Waals surface area contributed by atoms with Crippen molar-refractivity contribution in [2.24, 2.45) is 11.3 Å². The Bertz CT molecular complexity index is 2540. The molecule has 0 unspecified atom stereocenters. The van der Waals surface area contributed by atoms with Crippen LogP contribution in [0.4, 0.5) is 18.0 Å². The lowest BCUT2D eigenvalue weighted by Gasteiger charge is -2.36. The summed E-state index contributed by atoms with van der Waals surface area (Å²) in [6.45, 7) is 13.8. The van der Waals surface area contributed by atoms with Gasteiger partial charge in [0.15, 0.2) is 0 Å². The second-order valence-electron chi connectivity index (χ2n) is 17.6. The number of aromatic nitrogens is 1. The van der Waals surface area contributed by atoms with E-state index in [4.69, 9.17) is 19.2 Å². The molecule has 0 bridgehead atoms. The molecule has 15 nitrogen and oxygen atoms in total. The molecule has 2 fully saturated rings. The van der Waals surface area contributed by atoms with E-state index in [9.17, 15) is 40.8 Å². The number of sulfonamides is 1. The van der Waals surface area contributed by atoms with Crippen LogP contribution in [0.25, 0.3) is 22.2 Å². The van der Waals surface area contributed by atoms with Crippen LogP contribution in [0.2, 0.25) is 0 Å². The Hall–Kier alpha value is -6.37. The van der Waals surface area contributed by atoms with Gasteiger partial charge in [-0.1, -0.05) is 57.2 Å². The zero-order valence-corrected chi connectivity index (χ0v) is 37.1. The van der Waals surface area contributed by atoms with Gasteiger partial charge in [0.05, 0.1) is 29.8 Å². The summed E-state index contributed by atoms with van der Waals surface area (Å²) in [6, 6.07) is 17.0. The fraction of sp³-hybridized carbons (Fsp3) is 0.400. The highest BCUT2D eigenvalue weighted by molar-refractivity contribution is 7.90. The third-order valence-electron chi connectivity index (χ3n) is 10.6. The molecule has 3 N–H and O–H groups in total. The van der Waals surface area contributed by atoms with Crippen LogP contribution in [0.1, 0.15) is 54.4 Å². The molecule has 1 aliphatic carbocycles. The lowest BCUT2D eigenvalue weighted by Crippen LogP contribution is -2.60. The minimum Gasteiger partial charge on any atom is -0.497 e. The number of fused-ring (bicyclic) bond motifs is 1. The second kappa shape index (κ2) is 17.7. The Balaban J connectivity index is 1.33. The number of halogens is 3. The molecule has 19 heteroatoms. The summed E-state index contributed by atoms with van der Waals surface area (Å²) in [5.74, 6) is -3.13. The quantitative estimate of drug-likeness (QED) is 0.122. The highest BCUT2D eigenvalue weighted by Crippen LogP contribution is 2.45. The SMILES string of the molecule is C=C[C@@H]1C[C@]1(NC(=O)[C@@H]1C[C@@H](Oc2cc(-c3ccccc3)nc3cc(OC)ccc23)CN1C(=O)[C@@H](NC(=O)OC(C)(C)C)C(C)(C)C)C(=O)NS(=O)(=O)c1ccc(OC(F)(F)F)cc1. The molecule has 4 amide bonds. The van der Waals surface area contributed by atoms with Crippen molar-refractivity contribution in [3.8, 4) is 28.5 Å². The van der Waals surface area contributed by atoms with Crippen LogP contribution in [-0.2, 0) is 29.1 Å². The van der Waals surface area contributed by atoms with E-state index >= 15 is 0 Å². The van der Waals surface area contributed by atoms with Gasteiger partial charge < -0.3 is 34.5 Å². The molecular weight excluding hydrogens is 860 g/mol. The minimum absolute atomic E-state index is 0.0674. The third kappa shape index (κ3) is 10.9. The highest BCUT2D eigenvalue weighted by atomic mass is 32.2. The van der Waals surface area contributed by atoms with E-state index in [1.165, 1.54) is 18.1 Å². The van der Waals surface area contributed by atoms with Gasteiger partial charge in [0.2, 0.25) is 11.8 Å². The largest absolute Gasteiger partial charge is 0.573 e. The average molecular weight is 910 g/mol.